The molecule has 0 spiro atoms. The second kappa shape index (κ2) is 16.8. The maximum atomic E-state index is 11.8. The highest BCUT2D eigenvalue weighted by atomic mass is 16.1. The number of carbonyl (C=O) groups is 1. The molecule has 0 rings (SSSR count). The van der Waals surface area contributed by atoms with E-state index in [0.717, 1.165) is 12.8 Å². The highest BCUT2D eigenvalue weighted by molar-refractivity contribution is 5.76. The van der Waals surface area contributed by atoms with Crippen LogP contribution in [0.25, 0.3) is 0 Å². The Bertz CT molecular complexity index is 240. The molecule has 0 heterocycles. The van der Waals surface area contributed by atoms with E-state index in [0.29, 0.717) is 12.5 Å². The average Bonchev–Trinajstić information content (AvgIpc) is 2.49. The molecular weight excluding hydrogens is 270 g/mol. The van der Waals surface area contributed by atoms with Crippen molar-refractivity contribution in [1.29, 1.82) is 0 Å². The van der Waals surface area contributed by atoms with E-state index in [-0.39, 0.29) is 5.91 Å². The predicted molar refractivity (Wildman–Crippen MR) is 98.2 cm³/mol. The third kappa shape index (κ3) is 15.9. The Kier molecular flexibility index (Phi) is 16.4. The van der Waals surface area contributed by atoms with Gasteiger partial charge in [-0.2, -0.15) is 0 Å². The van der Waals surface area contributed by atoms with Crippen LogP contribution < -0.4 is 5.32 Å². The third-order valence-corrected chi connectivity index (χ3v) is 4.41. The Labute approximate surface area is 139 Å². The van der Waals surface area contributed by atoms with Gasteiger partial charge in [0.25, 0.3) is 0 Å². The zero-order chi connectivity index (χ0) is 16.5. The molecule has 0 saturated heterocycles. The first-order chi connectivity index (χ1) is 10.7. The molecule has 0 radical (unpaired) electrons. The second-order valence-corrected chi connectivity index (χ2v) is 6.90. The molecule has 2 heteroatoms. The minimum absolute atomic E-state index is 0.253. The Morgan fingerprint density at radius 1 is 0.727 bits per heavy atom. The molecule has 2 nitrogen and oxygen atoms in total. The van der Waals surface area contributed by atoms with Crippen LogP contribution >= 0.6 is 0 Å². The summed E-state index contributed by atoms with van der Waals surface area (Å²) in [5, 5.41) is 3.13. The quantitative estimate of drug-likeness (QED) is 0.329. The van der Waals surface area contributed by atoms with Gasteiger partial charge in [0.2, 0.25) is 5.91 Å². The second-order valence-electron chi connectivity index (χ2n) is 6.90. The number of rotatable bonds is 16. The third-order valence-electron chi connectivity index (χ3n) is 4.41. The molecule has 1 atom stereocenters. The topological polar surface area (TPSA) is 29.1 Å². The molecule has 0 aromatic rings. The van der Waals surface area contributed by atoms with Gasteiger partial charge in [-0.15, -0.1) is 0 Å². The van der Waals surface area contributed by atoms with E-state index in [1.165, 1.54) is 77.0 Å². The van der Waals surface area contributed by atoms with E-state index in [1.807, 2.05) is 0 Å². The number of hydrogen-bond donors (Lipinski definition) is 1. The van der Waals surface area contributed by atoms with Crippen LogP contribution in [0.2, 0.25) is 0 Å². The molecular formula is C20H41NO. The summed E-state index contributed by atoms with van der Waals surface area (Å²) in [5.74, 6) is 0.253. The van der Waals surface area contributed by atoms with Gasteiger partial charge in [-0.3, -0.25) is 4.79 Å². The van der Waals surface area contributed by atoms with Crippen LogP contribution in [0.4, 0.5) is 0 Å². The summed E-state index contributed by atoms with van der Waals surface area (Å²) >= 11 is 0. The monoisotopic (exact) mass is 311 g/mol. The fourth-order valence-corrected chi connectivity index (χ4v) is 2.89. The first-order valence-corrected chi connectivity index (χ1v) is 10.00. The van der Waals surface area contributed by atoms with Crippen LogP contribution in [-0.2, 0) is 4.79 Å². The largest absolute Gasteiger partial charge is 0.354 e. The zero-order valence-electron chi connectivity index (χ0n) is 15.6. The van der Waals surface area contributed by atoms with Gasteiger partial charge in [-0.05, 0) is 19.8 Å². The van der Waals surface area contributed by atoms with Crippen LogP contribution in [0.3, 0.4) is 0 Å². The molecule has 0 aromatic heterocycles. The predicted octanol–water partition coefficient (Wildman–Crippen LogP) is 6.38. The molecule has 1 N–H and O–H groups in total. The van der Waals surface area contributed by atoms with E-state index >= 15 is 0 Å². The number of hydrogen-bond acceptors (Lipinski definition) is 1. The average molecular weight is 312 g/mol. The lowest BCUT2D eigenvalue weighted by Crippen LogP contribution is -2.32. The smallest absolute Gasteiger partial charge is 0.220 e. The van der Waals surface area contributed by atoms with E-state index in [9.17, 15) is 4.79 Å². The van der Waals surface area contributed by atoms with Crippen LogP contribution in [0.15, 0.2) is 0 Å². The van der Waals surface area contributed by atoms with Gasteiger partial charge in [-0.25, -0.2) is 0 Å². The van der Waals surface area contributed by atoms with Gasteiger partial charge < -0.3 is 5.32 Å². The summed E-state index contributed by atoms with van der Waals surface area (Å²) in [5.41, 5.74) is 0. The summed E-state index contributed by atoms with van der Waals surface area (Å²) < 4.78 is 0. The number of unbranched alkanes of at least 4 members (excludes halogenated alkanes) is 11. The number of amides is 1. The Balaban J connectivity index is 3.27. The van der Waals surface area contributed by atoms with Crippen molar-refractivity contribution in [2.45, 2.75) is 123 Å². The van der Waals surface area contributed by atoms with Crippen molar-refractivity contribution in [3.63, 3.8) is 0 Å². The fourth-order valence-electron chi connectivity index (χ4n) is 2.89. The molecule has 0 aliphatic rings. The van der Waals surface area contributed by atoms with Crippen LogP contribution in [0.1, 0.15) is 117 Å². The van der Waals surface area contributed by atoms with Crippen LogP contribution in [0, 0.1) is 0 Å². The van der Waals surface area contributed by atoms with Gasteiger partial charge in [0.1, 0.15) is 0 Å². The fraction of sp³-hybridized carbons (Fsp3) is 0.950. The van der Waals surface area contributed by atoms with Crippen molar-refractivity contribution in [2.24, 2.45) is 0 Å². The van der Waals surface area contributed by atoms with Crippen molar-refractivity contribution in [3.05, 3.63) is 0 Å². The van der Waals surface area contributed by atoms with Gasteiger partial charge in [0.05, 0.1) is 0 Å². The van der Waals surface area contributed by atoms with E-state index in [4.69, 9.17) is 0 Å². The van der Waals surface area contributed by atoms with Gasteiger partial charge in [0.15, 0.2) is 0 Å². The minimum Gasteiger partial charge on any atom is -0.354 e. The summed E-state index contributed by atoms with van der Waals surface area (Å²) in [7, 11) is 0. The van der Waals surface area contributed by atoms with Crippen molar-refractivity contribution in [3.8, 4) is 0 Å². The Morgan fingerprint density at radius 2 is 1.18 bits per heavy atom. The van der Waals surface area contributed by atoms with Crippen molar-refractivity contribution in [2.75, 3.05) is 0 Å². The molecule has 1 unspecified atom stereocenters. The minimum atomic E-state index is 0.253. The molecule has 0 bridgehead atoms. The summed E-state index contributed by atoms with van der Waals surface area (Å²) in [6.45, 7) is 6.61. The molecule has 0 saturated carbocycles. The highest BCUT2D eigenvalue weighted by Gasteiger charge is 2.06. The maximum absolute atomic E-state index is 11.8. The lowest BCUT2D eigenvalue weighted by Gasteiger charge is -2.13. The summed E-state index contributed by atoms with van der Waals surface area (Å²) in [4.78, 5) is 11.8. The van der Waals surface area contributed by atoms with E-state index in [2.05, 4.69) is 26.1 Å². The van der Waals surface area contributed by atoms with Crippen LogP contribution in [-0.4, -0.2) is 11.9 Å². The molecule has 0 aliphatic carbocycles. The normalized spacial score (nSPS) is 12.3. The van der Waals surface area contributed by atoms with E-state index in [1.54, 1.807) is 0 Å². The first kappa shape index (κ1) is 21.5. The SMILES string of the molecule is CCCCCCCCCCCCC(=O)NC(C)CCCCC. The van der Waals surface area contributed by atoms with Crippen molar-refractivity contribution < 1.29 is 4.79 Å². The van der Waals surface area contributed by atoms with E-state index < -0.39 is 0 Å². The molecule has 0 fully saturated rings. The lowest BCUT2D eigenvalue weighted by molar-refractivity contribution is -0.121. The van der Waals surface area contributed by atoms with Crippen LogP contribution in [0.5, 0.6) is 0 Å². The Hall–Kier alpha value is -0.530. The number of nitrogens with one attached hydrogen (secondary N) is 1. The zero-order valence-corrected chi connectivity index (χ0v) is 15.6. The molecule has 1 amide bonds. The Morgan fingerprint density at radius 3 is 1.73 bits per heavy atom. The molecule has 0 aliphatic heterocycles. The van der Waals surface area contributed by atoms with Gasteiger partial charge in [0, 0.05) is 12.5 Å². The summed E-state index contributed by atoms with van der Waals surface area (Å²) in [6, 6.07) is 0.349. The molecule has 0 aromatic carbocycles. The van der Waals surface area contributed by atoms with Crippen molar-refractivity contribution in [1.82, 2.24) is 5.32 Å². The lowest BCUT2D eigenvalue weighted by atomic mass is 10.1. The molecule has 132 valence electrons. The van der Waals surface area contributed by atoms with Crippen molar-refractivity contribution >= 4 is 5.91 Å². The number of carbonyl (C=O) groups excluding carboxylic acids is 1. The maximum Gasteiger partial charge on any atom is 0.220 e. The van der Waals surface area contributed by atoms with Gasteiger partial charge >= 0.3 is 0 Å². The first-order valence-electron chi connectivity index (χ1n) is 10.00. The standard InChI is InChI=1S/C20H41NO/c1-4-6-8-9-10-11-12-13-14-16-18-20(22)21-19(3)17-15-7-5-2/h19H,4-18H2,1-3H3,(H,21,22). The summed E-state index contributed by atoms with van der Waals surface area (Å²) in [6.07, 6.45) is 18.8. The molecule has 22 heavy (non-hydrogen) atoms. The highest BCUT2D eigenvalue weighted by Crippen LogP contribution is 2.11. The van der Waals surface area contributed by atoms with Gasteiger partial charge in [-0.1, -0.05) is 90.9 Å².